The molecule has 0 bridgehead atoms. The highest BCUT2D eigenvalue weighted by atomic mass is 79.9. The molecule has 16 heavy (non-hydrogen) atoms. The summed E-state index contributed by atoms with van der Waals surface area (Å²) < 4.78 is 0.887. The molecule has 0 amide bonds. The predicted octanol–water partition coefficient (Wildman–Crippen LogP) is 4.50. The maximum Gasteiger partial charge on any atom is 0.133 e. The number of aromatic nitrogens is 2. The molecule has 0 atom stereocenters. The molecule has 0 aliphatic carbocycles. The van der Waals surface area contributed by atoms with Gasteiger partial charge in [-0.3, -0.25) is 0 Å². The van der Waals surface area contributed by atoms with E-state index in [4.69, 9.17) is 0 Å². The third-order valence-corrected chi connectivity index (χ3v) is 3.50. The Bertz CT molecular complexity index is 340. The Balaban J connectivity index is 2.65. The van der Waals surface area contributed by atoms with Crippen LogP contribution in [0.2, 0.25) is 0 Å². The van der Waals surface area contributed by atoms with E-state index in [1.165, 1.54) is 6.42 Å². The van der Waals surface area contributed by atoms with Gasteiger partial charge in [-0.25, -0.2) is 9.97 Å². The van der Waals surface area contributed by atoms with Crippen molar-refractivity contribution in [3.05, 3.63) is 16.5 Å². The maximum absolute atomic E-state index is 4.55. The average molecular weight is 303 g/mol. The molecule has 1 rings (SSSR count). The molecule has 90 valence electrons. The summed E-state index contributed by atoms with van der Waals surface area (Å²) in [5.41, 5.74) is 0. The third kappa shape index (κ3) is 4.83. The number of rotatable bonds is 5. The molecular weight excluding hydrogens is 284 g/mol. The number of thioether (sulfide) groups is 1. The van der Waals surface area contributed by atoms with Gasteiger partial charge in [0.15, 0.2) is 0 Å². The summed E-state index contributed by atoms with van der Waals surface area (Å²) >= 11 is 5.25. The summed E-state index contributed by atoms with van der Waals surface area (Å²) in [7, 11) is 0. The van der Waals surface area contributed by atoms with Gasteiger partial charge in [-0.1, -0.05) is 27.7 Å². The predicted molar refractivity (Wildman–Crippen MR) is 74.0 cm³/mol. The normalized spacial score (nSPS) is 11.4. The fourth-order valence-electron chi connectivity index (χ4n) is 1.15. The first-order valence-electron chi connectivity index (χ1n) is 5.66. The van der Waals surface area contributed by atoms with Crippen LogP contribution in [0.3, 0.4) is 0 Å². The molecule has 0 aliphatic heterocycles. The Labute approximate surface area is 111 Å². The number of nitrogens with zero attached hydrogens (tertiary/aromatic N) is 2. The van der Waals surface area contributed by atoms with Crippen molar-refractivity contribution in [3.63, 3.8) is 0 Å². The molecule has 0 N–H and O–H groups in total. The van der Waals surface area contributed by atoms with Crippen LogP contribution in [0.5, 0.6) is 0 Å². The van der Waals surface area contributed by atoms with E-state index < -0.39 is 0 Å². The zero-order valence-electron chi connectivity index (χ0n) is 10.3. The quantitative estimate of drug-likeness (QED) is 0.591. The zero-order chi connectivity index (χ0) is 12.1. The van der Waals surface area contributed by atoms with Crippen molar-refractivity contribution in [1.29, 1.82) is 0 Å². The fourth-order valence-corrected chi connectivity index (χ4v) is 2.85. The topological polar surface area (TPSA) is 25.8 Å². The lowest BCUT2D eigenvalue weighted by Crippen LogP contribution is -1.99. The van der Waals surface area contributed by atoms with Gasteiger partial charge in [0.1, 0.15) is 15.5 Å². The van der Waals surface area contributed by atoms with E-state index in [2.05, 4.69) is 53.6 Å². The van der Waals surface area contributed by atoms with Crippen LogP contribution >= 0.6 is 27.7 Å². The van der Waals surface area contributed by atoms with Crippen molar-refractivity contribution in [3.8, 4) is 0 Å². The second-order valence-corrected chi connectivity index (χ2v) is 6.50. The van der Waals surface area contributed by atoms with Gasteiger partial charge >= 0.3 is 0 Å². The molecule has 0 fully saturated rings. The van der Waals surface area contributed by atoms with Crippen molar-refractivity contribution >= 4 is 27.7 Å². The summed E-state index contributed by atoms with van der Waals surface area (Å²) in [5, 5.41) is 1.08. The van der Waals surface area contributed by atoms with Gasteiger partial charge in [0.05, 0.1) is 0 Å². The molecule has 0 saturated carbocycles. The van der Waals surface area contributed by atoms with Crippen molar-refractivity contribution in [2.45, 2.75) is 45.1 Å². The molecule has 1 aromatic heterocycles. The van der Waals surface area contributed by atoms with Crippen LogP contribution in [0.25, 0.3) is 0 Å². The monoisotopic (exact) mass is 302 g/mol. The lowest BCUT2D eigenvalue weighted by Gasteiger charge is -2.08. The van der Waals surface area contributed by atoms with Gasteiger partial charge < -0.3 is 0 Å². The molecule has 0 aliphatic rings. The largest absolute Gasteiger partial charge is 0.226 e. The first-order chi connectivity index (χ1) is 7.49. The van der Waals surface area contributed by atoms with Crippen LogP contribution in [0.1, 0.15) is 45.9 Å². The Kier molecular flexibility index (Phi) is 5.76. The number of hydrogen-bond acceptors (Lipinski definition) is 3. The van der Waals surface area contributed by atoms with E-state index in [1.807, 2.05) is 17.8 Å². The van der Waals surface area contributed by atoms with E-state index in [0.29, 0.717) is 5.92 Å². The molecular formula is C12H19BrN2S. The first kappa shape index (κ1) is 14.0. The van der Waals surface area contributed by atoms with Crippen molar-refractivity contribution < 1.29 is 0 Å². The van der Waals surface area contributed by atoms with Crippen molar-refractivity contribution in [2.24, 2.45) is 5.92 Å². The van der Waals surface area contributed by atoms with E-state index in [-0.39, 0.29) is 0 Å². The molecule has 4 heteroatoms. The minimum absolute atomic E-state index is 0.377. The second-order valence-electron chi connectivity index (χ2n) is 4.57. The molecule has 0 unspecified atom stereocenters. The molecule has 0 radical (unpaired) electrons. The highest BCUT2D eigenvalue weighted by molar-refractivity contribution is 9.10. The zero-order valence-corrected chi connectivity index (χ0v) is 12.7. The van der Waals surface area contributed by atoms with Gasteiger partial charge in [-0.2, -0.15) is 0 Å². The minimum atomic E-state index is 0.377. The molecule has 0 spiro atoms. The average Bonchev–Trinajstić information content (AvgIpc) is 2.16. The van der Waals surface area contributed by atoms with E-state index in [9.17, 15) is 0 Å². The van der Waals surface area contributed by atoms with E-state index >= 15 is 0 Å². The van der Waals surface area contributed by atoms with Gasteiger partial charge in [-0.15, -0.1) is 11.8 Å². The summed E-state index contributed by atoms with van der Waals surface area (Å²) in [6.45, 7) is 8.72. The summed E-state index contributed by atoms with van der Waals surface area (Å²) in [4.78, 5) is 8.92. The van der Waals surface area contributed by atoms with Crippen LogP contribution in [-0.4, -0.2) is 15.7 Å². The third-order valence-electron chi connectivity index (χ3n) is 2.15. The van der Waals surface area contributed by atoms with Crippen LogP contribution < -0.4 is 0 Å². The molecule has 0 aromatic carbocycles. The van der Waals surface area contributed by atoms with Gasteiger partial charge in [0.2, 0.25) is 0 Å². The fraction of sp³-hybridized carbons (Fsp3) is 0.667. The molecule has 2 nitrogen and oxygen atoms in total. The Morgan fingerprint density at radius 2 is 1.94 bits per heavy atom. The number of hydrogen-bond donors (Lipinski definition) is 0. The standard InChI is InChI=1S/C12H19BrN2S/c1-8(2)5-6-16-11-7-10(13)14-12(15-11)9(3)4/h7-9H,5-6H2,1-4H3. The van der Waals surface area contributed by atoms with Crippen LogP contribution in [0.4, 0.5) is 0 Å². The molecule has 0 saturated heterocycles. The van der Waals surface area contributed by atoms with Crippen LogP contribution in [0, 0.1) is 5.92 Å². The SMILES string of the molecule is CC(C)CCSc1cc(Br)nc(C(C)C)n1. The van der Waals surface area contributed by atoms with Crippen molar-refractivity contribution in [1.82, 2.24) is 9.97 Å². The Morgan fingerprint density at radius 3 is 2.50 bits per heavy atom. The highest BCUT2D eigenvalue weighted by Gasteiger charge is 2.07. The maximum atomic E-state index is 4.55. The summed E-state index contributed by atoms with van der Waals surface area (Å²) in [6, 6.07) is 2.00. The number of halogens is 1. The van der Waals surface area contributed by atoms with E-state index in [1.54, 1.807) is 0 Å². The first-order valence-corrected chi connectivity index (χ1v) is 7.44. The molecule has 1 aromatic rings. The van der Waals surface area contributed by atoms with Crippen LogP contribution in [-0.2, 0) is 0 Å². The summed E-state index contributed by atoms with van der Waals surface area (Å²) in [5.74, 6) is 3.17. The van der Waals surface area contributed by atoms with E-state index in [0.717, 1.165) is 27.1 Å². The minimum Gasteiger partial charge on any atom is -0.226 e. The highest BCUT2D eigenvalue weighted by Crippen LogP contribution is 2.23. The van der Waals surface area contributed by atoms with Crippen molar-refractivity contribution in [2.75, 3.05) is 5.75 Å². The lowest BCUT2D eigenvalue weighted by atomic mass is 10.2. The Morgan fingerprint density at radius 1 is 1.25 bits per heavy atom. The summed E-state index contributed by atoms with van der Waals surface area (Å²) in [6.07, 6.45) is 1.23. The smallest absolute Gasteiger partial charge is 0.133 e. The van der Waals surface area contributed by atoms with Crippen LogP contribution in [0.15, 0.2) is 15.7 Å². The second kappa shape index (κ2) is 6.60. The molecule has 1 heterocycles. The lowest BCUT2D eigenvalue weighted by molar-refractivity contribution is 0.631. The Hall–Kier alpha value is -0.0900. The van der Waals surface area contributed by atoms with Gasteiger partial charge in [0.25, 0.3) is 0 Å². The van der Waals surface area contributed by atoms with Gasteiger partial charge in [0, 0.05) is 12.0 Å². The van der Waals surface area contributed by atoms with Gasteiger partial charge in [-0.05, 0) is 34.0 Å².